The lowest BCUT2D eigenvalue weighted by atomic mass is 10.1. The number of hydrogen-bond acceptors (Lipinski definition) is 5. The molecule has 2 N–H and O–H groups in total. The van der Waals surface area contributed by atoms with Gasteiger partial charge in [0.1, 0.15) is 18.0 Å². The van der Waals surface area contributed by atoms with Crippen molar-refractivity contribution in [3.05, 3.63) is 12.4 Å². The largest absolute Gasteiger partial charge is 0.481 e. The summed E-state index contributed by atoms with van der Waals surface area (Å²) in [5.74, 6) is 0.970. The molecule has 104 valence electrons. The molecule has 1 aromatic heterocycles. The number of anilines is 2. The van der Waals surface area contributed by atoms with E-state index in [0.29, 0.717) is 6.42 Å². The van der Waals surface area contributed by atoms with Crippen molar-refractivity contribution >= 4 is 17.6 Å². The van der Waals surface area contributed by atoms with Crippen LogP contribution < -0.4 is 10.2 Å². The number of aliphatic carboxylic acids is 1. The lowest BCUT2D eigenvalue weighted by molar-refractivity contribution is -0.137. The quantitative estimate of drug-likeness (QED) is 0.815. The van der Waals surface area contributed by atoms with E-state index in [1.165, 1.54) is 0 Å². The minimum atomic E-state index is -0.733. The van der Waals surface area contributed by atoms with Crippen molar-refractivity contribution in [2.75, 3.05) is 23.3 Å². The number of aromatic nitrogens is 2. The molecule has 1 fully saturated rings. The third-order valence-corrected chi connectivity index (χ3v) is 3.37. The van der Waals surface area contributed by atoms with Gasteiger partial charge in [0.25, 0.3) is 0 Å². The molecule has 0 spiro atoms. The second-order valence-electron chi connectivity index (χ2n) is 4.71. The van der Waals surface area contributed by atoms with Crippen molar-refractivity contribution < 1.29 is 9.90 Å². The Morgan fingerprint density at radius 3 is 3.16 bits per heavy atom. The highest BCUT2D eigenvalue weighted by molar-refractivity contribution is 5.66. The monoisotopic (exact) mass is 264 g/mol. The maximum Gasteiger partial charge on any atom is 0.303 e. The second-order valence-corrected chi connectivity index (χ2v) is 4.71. The summed E-state index contributed by atoms with van der Waals surface area (Å²) in [4.78, 5) is 21.3. The first-order valence-electron chi connectivity index (χ1n) is 6.75. The van der Waals surface area contributed by atoms with Crippen molar-refractivity contribution in [2.45, 2.75) is 38.6 Å². The number of hydrogen-bond donors (Lipinski definition) is 2. The molecule has 0 bridgehead atoms. The molecule has 6 heteroatoms. The van der Waals surface area contributed by atoms with Gasteiger partial charge < -0.3 is 15.3 Å². The Kier molecular flexibility index (Phi) is 4.54. The summed E-state index contributed by atoms with van der Waals surface area (Å²) in [7, 11) is 0. The molecule has 0 amide bonds. The van der Waals surface area contributed by atoms with Gasteiger partial charge in [0.2, 0.25) is 0 Å². The van der Waals surface area contributed by atoms with E-state index in [0.717, 1.165) is 37.6 Å². The summed E-state index contributed by atoms with van der Waals surface area (Å²) >= 11 is 0. The van der Waals surface area contributed by atoms with Gasteiger partial charge >= 0.3 is 5.97 Å². The number of carboxylic acids is 1. The van der Waals surface area contributed by atoms with Crippen LogP contribution in [0.25, 0.3) is 0 Å². The lowest BCUT2D eigenvalue weighted by Gasteiger charge is -2.25. The van der Waals surface area contributed by atoms with Gasteiger partial charge in [0, 0.05) is 31.6 Å². The number of carboxylic acid groups (broad SMARTS) is 1. The Labute approximate surface area is 112 Å². The van der Waals surface area contributed by atoms with Gasteiger partial charge in [-0.3, -0.25) is 4.79 Å². The fraction of sp³-hybridized carbons (Fsp3) is 0.615. The van der Waals surface area contributed by atoms with Crippen molar-refractivity contribution in [1.82, 2.24) is 9.97 Å². The summed E-state index contributed by atoms with van der Waals surface area (Å²) < 4.78 is 0. The van der Waals surface area contributed by atoms with Crippen LogP contribution in [0.2, 0.25) is 0 Å². The highest BCUT2D eigenvalue weighted by Gasteiger charge is 2.26. The maximum absolute atomic E-state index is 10.7. The zero-order valence-corrected chi connectivity index (χ0v) is 11.2. The highest BCUT2D eigenvalue weighted by Crippen LogP contribution is 2.27. The molecule has 0 aromatic carbocycles. The third-order valence-electron chi connectivity index (χ3n) is 3.37. The van der Waals surface area contributed by atoms with Crippen LogP contribution in [0.15, 0.2) is 12.4 Å². The smallest absolute Gasteiger partial charge is 0.303 e. The molecule has 0 radical (unpaired) electrons. The summed E-state index contributed by atoms with van der Waals surface area (Å²) in [6.45, 7) is 3.78. The topological polar surface area (TPSA) is 78.4 Å². The molecular formula is C13H20N4O2. The lowest BCUT2D eigenvalue weighted by Crippen LogP contribution is -2.30. The van der Waals surface area contributed by atoms with E-state index in [2.05, 4.69) is 20.2 Å². The first-order valence-corrected chi connectivity index (χ1v) is 6.75. The Morgan fingerprint density at radius 1 is 1.58 bits per heavy atom. The Morgan fingerprint density at radius 2 is 2.42 bits per heavy atom. The van der Waals surface area contributed by atoms with E-state index >= 15 is 0 Å². The molecule has 1 aliphatic rings. The molecule has 0 aliphatic carbocycles. The number of carbonyl (C=O) groups is 1. The van der Waals surface area contributed by atoms with Gasteiger partial charge in [0.15, 0.2) is 0 Å². The van der Waals surface area contributed by atoms with E-state index in [1.54, 1.807) is 6.33 Å². The van der Waals surface area contributed by atoms with Crippen molar-refractivity contribution in [3.63, 3.8) is 0 Å². The van der Waals surface area contributed by atoms with Crippen molar-refractivity contribution in [2.24, 2.45) is 0 Å². The summed E-state index contributed by atoms with van der Waals surface area (Å²) in [6, 6.07) is 2.21. The van der Waals surface area contributed by atoms with Crippen molar-refractivity contribution in [1.29, 1.82) is 0 Å². The van der Waals surface area contributed by atoms with E-state index in [1.807, 2.05) is 13.0 Å². The molecule has 0 saturated carbocycles. The SMILES string of the molecule is CCNc1cc(N2CCCC2CCC(=O)O)ncn1. The summed E-state index contributed by atoms with van der Waals surface area (Å²) in [6.07, 6.45) is 4.57. The van der Waals surface area contributed by atoms with Crippen molar-refractivity contribution in [3.8, 4) is 0 Å². The third kappa shape index (κ3) is 3.56. The van der Waals surface area contributed by atoms with E-state index in [4.69, 9.17) is 5.11 Å². The molecule has 6 nitrogen and oxygen atoms in total. The van der Waals surface area contributed by atoms with Crippen LogP contribution in [-0.4, -0.2) is 40.2 Å². The first-order chi connectivity index (χ1) is 9.20. The highest BCUT2D eigenvalue weighted by atomic mass is 16.4. The minimum absolute atomic E-state index is 0.215. The average Bonchev–Trinajstić information content (AvgIpc) is 2.85. The fourth-order valence-corrected chi connectivity index (χ4v) is 2.51. The summed E-state index contributed by atoms with van der Waals surface area (Å²) in [5, 5.41) is 12.0. The van der Waals surface area contributed by atoms with E-state index < -0.39 is 5.97 Å². The molecule has 19 heavy (non-hydrogen) atoms. The maximum atomic E-state index is 10.7. The molecule has 2 rings (SSSR count). The van der Waals surface area contributed by atoms with Gasteiger partial charge in [-0.25, -0.2) is 9.97 Å². The summed E-state index contributed by atoms with van der Waals surface area (Å²) in [5.41, 5.74) is 0. The average molecular weight is 264 g/mol. The Bertz CT molecular complexity index is 438. The second kappa shape index (κ2) is 6.36. The van der Waals surface area contributed by atoms with Gasteiger partial charge in [-0.1, -0.05) is 0 Å². The predicted octanol–water partition coefficient (Wildman–Crippen LogP) is 1.74. The van der Waals surface area contributed by atoms with Crippen LogP contribution in [0.4, 0.5) is 11.6 Å². The number of rotatable bonds is 6. The first kappa shape index (κ1) is 13.6. The fourth-order valence-electron chi connectivity index (χ4n) is 2.51. The van der Waals surface area contributed by atoms with Crippen LogP contribution in [0.3, 0.4) is 0 Å². The zero-order chi connectivity index (χ0) is 13.7. The van der Waals surface area contributed by atoms with Crippen LogP contribution >= 0.6 is 0 Å². The number of nitrogens with zero attached hydrogens (tertiary/aromatic N) is 3. The van der Waals surface area contributed by atoms with Gasteiger partial charge in [-0.15, -0.1) is 0 Å². The molecule has 1 saturated heterocycles. The van der Waals surface area contributed by atoms with E-state index in [9.17, 15) is 4.79 Å². The van der Waals surface area contributed by atoms with Gasteiger partial charge in [-0.05, 0) is 26.2 Å². The molecule has 1 unspecified atom stereocenters. The van der Waals surface area contributed by atoms with Gasteiger partial charge in [-0.2, -0.15) is 0 Å². The predicted molar refractivity (Wildman–Crippen MR) is 73.4 cm³/mol. The Hall–Kier alpha value is -1.85. The van der Waals surface area contributed by atoms with Crippen LogP contribution in [0, 0.1) is 0 Å². The van der Waals surface area contributed by atoms with Crippen LogP contribution in [0.1, 0.15) is 32.6 Å². The van der Waals surface area contributed by atoms with E-state index in [-0.39, 0.29) is 12.5 Å². The van der Waals surface area contributed by atoms with Gasteiger partial charge in [0.05, 0.1) is 0 Å². The molecule has 2 heterocycles. The Balaban J connectivity index is 2.06. The molecule has 1 aliphatic heterocycles. The minimum Gasteiger partial charge on any atom is -0.481 e. The van der Waals surface area contributed by atoms with Crippen LogP contribution in [-0.2, 0) is 4.79 Å². The normalized spacial score (nSPS) is 18.6. The zero-order valence-electron chi connectivity index (χ0n) is 11.2. The van der Waals surface area contributed by atoms with Crippen LogP contribution in [0.5, 0.6) is 0 Å². The molecule has 1 atom stereocenters. The molecule has 1 aromatic rings. The number of nitrogens with one attached hydrogen (secondary N) is 1. The standard InChI is InChI=1S/C13H20N4O2/c1-2-14-11-8-12(16-9-15-11)17-7-3-4-10(17)5-6-13(18)19/h8-10H,2-7H2,1H3,(H,18,19)(H,14,15,16). The molecular weight excluding hydrogens is 244 g/mol.